The lowest BCUT2D eigenvalue weighted by Gasteiger charge is -2.11. The Kier molecular flexibility index (Phi) is 3.60. The van der Waals surface area contributed by atoms with Crippen molar-refractivity contribution in [1.29, 1.82) is 0 Å². The van der Waals surface area contributed by atoms with Gasteiger partial charge >= 0.3 is 0 Å². The van der Waals surface area contributed by atoms with Crippen LogP contribution in [0.25, 0.3) is 0 Å². The average molecular weight is 263 g/mol. The zero-order valence-corrected chi connectivity index (χ0v) is 10.5. The highest BCUT2D eigenvalue weighted by molar-refractivity contribution is 5.76. The van der Waals surface area contributed by atoms with Crippen LogP contribution < -0.4 is 32.0 Å². The topological polar surface area (TPSA) is 86.5 Å². The fraction of sp³-hybridized carbons (Fsp3) is 0.417. The van der Waals surface area contributed by atoms with Gasteiger partial charge in [0, 0.05) is 12.8 Å². The normalized spacial score (nSPS) is 18.1. The molecule has 0 aromatic heterocycles. The number of hydrazine groups is 3. The number of hydrogen-bond donors (Lipinski definition) is 5. The minimum atomic E-state index is -0.291. The van der Waals surface area contributed by atoms with Gasteiger partial charge in [0.05, 0.1) is 6.61 Å². The molecular weight excluding hydrogens is 246 g/mol. The van der Waals surface area contributed by atoms with Crippen LogP contribution in [0.4, 0.5) is 0 Å². The maximum absolute atomic E-state index is 11.7. The van der Waals surface area contributed by atoms with Crippen molar-refractivity contribution in [3.05, 3.63) is 29.3 Å². The number of carbonyl (C=O) groups is 1. The Morgan fingerprint density at radius 2 is 2.21 bits per heavy atom. The number of nitrogens with one attached hydrogen (secondary N) is 5. The molecule has 0 radical (unpaired) electrons. The Morgan fingerprint density at radius 3 is 3.05 bits per heavy atom. The van der Waals surface area contributed by atoms with E-state index < -0.39 is 0 Å². The minimum absolute atomic E-state index is 0.00718. The van der Waals surface area contributed by atoms with Crippen molar-refractivity contribution in [3.8, 4) is 5.75 Å². The van der Waals surface area contributed by atoms with Crippen LogP contribution in [-0.2, 0) is 17.6 Å². The van der Waals surface area contributed by atoms with Crippen molar-refractivity contribution < 1.29 is 9.53 Å². The molecule has 2 aliphatic rings. The van der Waals surface area contributed by atoms with Crippen LogP contribution in [0, 0.1) is 0 Å². The second kappa shape index (κ2) is 5.54. The summed E-state index contributed by atoms with van der Waals surface area (Å²) in [6.45, 7) is 0.762. The number of rotatable bonds is 4. The predicted octanol–water partition coefficient (Wildman–Crippen LogP) is -0.929. The van der Waals surface area contributed by atoms with Crippen molar-refractivity contribution in [2.24, 2.45) is 0 Å². The molecule has 19 heavy (non-hydrogen) atoms. The largest absolute Gasteiger partial charge is 0.493 e. The summed E-state index contributed by atoms with van der Waals surface area (Å²) < 4.78 is 5.46. The number of fused-ring (bicyclic) bond motifs is 1. The molecule has 0 saturated carbocycles. The Labute approximate surface area is 111 Å². The molecule has 7 nitrogen and oxygen atoms in total. The highest BCUT2D eigenvalue weighted by Gasteiger charge is 2.15. The minimum Gasteiger partial charge on any atom is -0.493 e. The van der Waals surface area contributed by atoms with Crippen molar-refractivity contribution in [1.82, 2.24) is 27.2 Å². The standard InChI is InChI=1S/C12H17N5O2/c18-11(13-12-14-16-17-15-12)4-2-8-1-3-10-9(7-8)5-6-19-10/h1,3,7,12,14-17H,2,4-6H2,(H,13,18). The van der Waals surface area contributed by atoms with Gasteiger partial charge in [-0.05, 0) is 23.6 Å². The van der Waals surface area contributed by atoms with E-state index in [2.05, 4.69) is 33.3 Å². The second-order valence-electron chi connectivity index (χ2n) is 4.58. The first-order chi connectivity index (χ1) is 9.31. The van der Waals surface area contributed by atoms with Crippen LogP contribution in [0.15, 0.2) is 18.2 Å². The van der Waals surface area contributed by atoms with Crippen molar-refractivity contribution >= 4 is 5.91 Å². The van der Waals surface area contributed by atoms with E-state index in [1.807, 2.05) is 12.1 Å². The number of carbonyl (C=O) groups excluding carboxylic acids is 1. The Balaban J connectivity index is 1.50. The highest BCUT2D eigenvalue weighted by Crippen LogP contribution is 2.26. The number of aryl methyl sites for hydroxylation is 1. The maximum atomic E-state index is 11.7. The van der Waals surface area contributed by atoms with Crippen LogP contribution in [0.5, 0.6) is 5.75 Å². The summed E-state index contributed by atoms with van der Waals surface area (Å²) >= 11 is 0. The lowest BCUT2D eigenvalue weighted by atomic mass is 10.0. The third kappa shape index (κ3) is 3.02. The third-order valence-corrected chi connectivity index (χ3v) is 3.20. The van der Waals surface area contributed by atoms with Crippen LogP contribution >= 0.6 is 0 Å². The van der Waals surface area contributed by atoms with Gasteiger partial charge in [0.2, 0.25) is 5.91 Å². The third-order valence-electron chi connectivity index (χ3n) is 3.20. The molecule has 0 unspecified atom stereocenters. The van der Waals surface area contributed by atoms with Gasteiger partial charge in [-0.2, -0.15) is 11.1 Å². The molecule has 5 N–H and O–H groups in total. The number of benzene rings is 1. The van der Waals surface area contributed by atoms with Crippen molar-refractivity contribution in [2.45, 2.75) is 25.6 Å². The molecule has 7 heteroatoms. The molecule has 1 aromatic carbocycles. The van der Waals surface area contributed by atoms with E-state index in [1.54, 1.807) is 0 Å². The monoisotopic (exact) mass is 263 g/mol. The van der Waals surface area contributed by atoms with Crippen molar-refractivity contribution in [2.75, 3.05) is 6.61 Å². The van der Waals surface area contributed by atoms with Crippen LogP contribution in [0.3, 0.4) is 0 Å². The van der Waals surface area contributed by atoms with E-state index in [0.717, 1.165) is 25.2 Å². The quantitative estimate of drug-likeness (QED) is 0.482. The first-order valence-electron chi connectivity index (χ1n) is 6.36. The molecule has 1 aromatic rings. The highest BCUT2D eigenvalue weighted by atomic mass is 16.5. The SMILES string of the molecule is O=C(CCc1ccc2c(c1)CCO2)NC1NNNN1. The van der Waals surface area contributed by atoms with E-state index in [0.29, 0.717) is 6.42 Å². The van der Waals surface area contributed by atoms with Crippen LogP contribution in [0.1, 0.15) is 17.5 Å². The smallest absolute Gasteiger partial charge is 0.222 e. The lowest BCUT2D eigenvalue weighted by Crippen LogP contribution is -2.49. The summed E-state index contributed by atoms with van der Waals surface area (Å²) in [5.41, 5.74) is 13.3. The summed E-state index contributed by atoms with van der Waals surface area (Å²) in [6, 6.07) is 6.14. The molecular formula is C12H17N5O2. The molecule has 0 aliphatic carbocycles. The lowest BCUT2D eigenvalue weighted by molar-refractivity contribution is -0.122. The fourth-order valence-electron chi connectivity index (χ4n) is 2.21. The summed E-state index contributed by atoms with van der Waals surface area (Å²) in [6.07, 6.45) is 1.86. The van der Waals surface area contributed by atoms with Crippen LogP contribution in [0.2, 0.25) is 0 Å². The molecule has 0 atom stereocenters. The maximum Gasteiger partial charge on any atom is 0.222 e. The summed E-state index contributed by atoms with van der Waals surface area (Å²) in [4.78, 5) is 11.7. The molecule has 1 saturated heterocycles. The van der Waals surface area contributed by atoms with Crippen LogP contribution in [-0.4, -0.2) is 18.8 Å². The number of amides is 1. The molecule has 1 amide bonds. The molecule has 0 spiro atoms. The Hall–Kier alpha value is -1.67. The predicted molar refractivity (Wildman–Crippen MR) is 68.4 cm³/mol. The first kappa shape index (κ1) is 12.4. The zero-order valence-electron chi connectivity index (χ0n) is 10.5. The van der Waals surface area contributed by atoms with Gasteiger partial charge in [-0.15, -0.1) is 0 Å². The molecule has 2 heterocycles. The Bertz CT molecular complexity index is 473. The first-order valence-corrected chi connectivity index (χ1v) is 6.36. The summed E-state index contributed by atoms with van der Waals surface area (Å²) in [5.74, 6) is 0.969. The van der Waals surface area contributed by atoms with E-state index in [9.17, 15) is 4.79 Å². The fourth-order valence-corrected chi connectivity index (χ4v) is 2.21. The van der Waals surface area contributed by atoms with E-state index in [1.165, 1.54) is 11.1 Å². The average Bonchev–Trinajstić information content (AvgIpc) is 3.06. The molecule has 0 bridgehead atoms. The van der Waals surface area contributed by atoms with Gasteiger partial charge in [0.25, 0.3) is 0 Å². The summed E-state index contributed by atoms with van der Waals surface area (Å²) in [7, 11) is 0. The van der Waals surface area contributed by atoms with Gasteiger partial charge in [-0.1, -0.05) is 12.1 Å². The van der Waals surface area contributed by atoms with E-state index in [4.69, 9.17) is 4.74 Å². The molecule has 102 valence electrons. The molecule has 1 fully saturated rings. The Morgan fingerprint density at radius 1 is 1.37 bits per heavy atom. The van der Waals surface area contributed by atoms with E-state index in [-0.39, 0.29) is 12.2 Å². The van der Waals surface area contributed by atoms with Gasteiger partial charge in [0.1, 0.15) is 5.75 Å². The van der Waals surface area contributed by atoms with Gasteiger partial charge in [0.15, 0.2) is 6.29 Å². The second-order valence-corrected chi connectivity index (χ2v) is 4.58. The van der Waals surface area contributed by atoms with E-state index >= 15 is 0 Å². The molecule has 3 rings (SSSR count). The van der Waals surface area contributed by atoms with Crippen molar-refractivity contribution in [3.63, 3.8) is 0 Å². The molecule has 2 aliphatic heterocycles. The van der Waals surface area contributed by atoms with Gasteiger partial charge in [-0.25, -0.2) is 10.9 Å². The van der Waals surface area contributed by atoms with Gasteiger partial charge in [-0.3, -0.25) is 4.79 Å². The van der Waals surface area contributed by atoms with Gasteiger partial charge < -0.3 is 10.1 Å². The summed E-state index contributed by atoms with van der Waals surface area (Å²) in [5, 5.41) is 2.79. The number of hydrogen-bond acceptors (Lipinski definition) is 6. The zero-order chi connectivity index (χ0) is 13.1. The number of ether oxygens (including phenoxy) is 1.